The Morgan fingerprint density at radius 3 is 2.36 bits per heavy atom. The van der Waals surface area contributed by atoms with Gasteiger partial charge in [-0.1, -0.05) is 22.9 Å². The summed E-state index contributed by atoms with van der Waals surface area (Å²) < 4.78 is 27.1. The number of carbonyl (C=O) groups is 1. The largest absolute Gasteiger partial charge is 0.355 e. The standard InChI is InChI=1S/C13H20BrN3O3S.ClH/c1-2-15-9-10-16-13(18)7-8-17-21(19,20)12-5-3-11(14)4-6-12;/h3-6,15,17H,2,7-10H2,1H3,(H,16,18);1H. The Kier molecular flexibility index (Phi) is 10.6. The van der Waals surface area contributed by atoms with Crippen LogP contribution in [-0.4, -0.2) is 40.5 Å². The molecule has 22 heavy (non-hydrogen) atoms. The van der Waals surface area contributed by atoms with Crippen LogP contribution in [0.15, 0.2) is 33.6 Å². The molecule has 0 aliphatic rings. The molecule has 0 saturated heterocycles. The highest BCUT2D eigenvalue weighted by molar-refractivity contribution is 9.10. The van der Waals surface area contributed by atoms with Crippen LogP contribution in [0, 0.1) is 0 Å². The molecule has 0 heterocycles. The van der Waals surface area contributed by atoms with Crippen molar-refractivity contribution in [1.29, 1.82) is 0 Å². The predicted molar refractivity (Wildman–Crippen MR) is 92.7 cm³/mol. The highest BCUT2D eigenvalue weighted by Crippen LogP contribution is 2.14. The van der Waals surface area contributed by atoms with Crippen molar-refractivity contribution < 1.29 is 13.2 Å². The van der Waals surface area contributed by atoms with Crippen molar-refractivity contribution in [3.05, 3.63) is 28.7 Å². The van der Waals surface area contributed by atoms with Gasteiger partial charge in [-0.2, -0.15) is 0 Å². The highest BCUT2D eigenvalue weighted by Gasteiger charge is 2.13. The topological polar surface area (TPSA) is 87.3 Å². The molecule has 1 aromatic carbocycles. The maximum atomic E-state index is 12.0. The third-order valence-electron chi connectivity index (χ3n) is 2.64. The van der Waals surface area contributed by atoms with E-state index in [9.17, 15) is 13.2 Å². The summed E-state index contributed by atoms with van der Waals surface area (Å²) in [5.74, 6) is -0.175. The Balaban J connectivity index is 0.00000441. The zero-order valence-electron chi connectivity index (χ0n) is 12.3. The third kappa shape index (κ3) is 8.09. The SMILES string of the molecule is CCNCCNC(=O)CCNS(=O)(=O)c1ccc(Br)cc1.Cl. The minimum Gasteiger partial charge on any atom is -0.355 e. The molecule has 0 fully saturated rings. The molecule has 0 saturated carbocycles. The molecule has 126 valence electrons. The molecule has 0 atom stereocenters. The summed E-state index contributed by atoms with van der Waals surface area (Å²) >= 11 is 3.25. The second-order valence-corrected chi connectivity index (χ2v) is 6.99. The number of hydrogen-bond acceptors (Lipinski definition) is 4. The maximum Gasteiger partial charge on any atom is 0.240 e. The summed E-state index contributed by atoms with van der Waals surface area (Å²) in [6.45, 7) is 4.14. The van der Waals surface area contributed by atoms with Crippen molar-refractivity contribution in [3.8, 4) is 0 Å². The fourth-order valence-corrected chi connectivity index (χ4v) is 2.85. The fraction of sp³-hybridized carbons (Fsp3) is 0.462. The van der Waals surface area contributed by atoms with Gasteiger partial charge >= 0.3 is 0 Å². The van der Waals surface area contributed by atoms with Gasteiger partial charge in [-0.25, -0.2) is 13.1 Å². The van der Waals surface area contributed by atoms with Crippen LogP contribution in [0.4, 0.5) is 0 Å². The van der Waals surface area contributed by atoms with Crippen molar-refractivity contribution in [3.63, 3.8) is 0 Å². The lowest BCUT2D eigenvalue weighted by atomic mass is 10.4. The Morgan fingerprint density at radius 2 is 1.77 bits per heavy atom. The van der Waals surface area contributed by atoms with Gasteiger partial charge in [0, 0.05) is 30.5 Å². The average molecular weight is 415 g/mol. The first-order valence-electron chi connectivity index (χ1n) is 6.68. The van der Waals surface area contributed by atoms with Gasteiger partial charge in [-0.3, -0.25) is 4.79 Å². The van der Waals surface area contributed by atoms with Gasteiger partial charge in [0.2, 0.25) is 15.9 Å². The second kappa shape index (κ2) is 11.0. The minimum atomic E-state index is -3.57. The number of hydrogen-bond donors (Lipinski definition) is 3. The van der Waals surface area contributed by atoms with E-state index in [-0.39, 0.29) is 36.2 Å². The lowest BCUT2D eigenvalue weighted by molar-refractivity contribution is -0.120. The van der Waals surface area contributed by atoms with Crippen molar-refractivity contribution in [1.82, 2.24) is 15.4 Å². The molecule has 1 aromatic rings. The van der Waals surface area contributed by atoms with E-state index in [4.69, 9.17) is 0 Å². The first kappa shape index (κ1) is 21.3. The Morgan fingerprint density at radius 1 is 1.14 bits per heavy atom. The Labute approximate surface area is 146 Å². The maximum absolute atomic E-state index is 12.0. The zero-order chi connectivity index (χ0) is 15.7. The molecule has 1 amide bonds. The van der Waals surface area contributed by atoms with Gasteiger partial charge in [0.15, 0.2) is 0 Å². The van der Waals surface area contributed by atoms with Crippen LogP contribution < -0.4 is 15.4 Å². The summed E-state index contributed by atoms with van der Waals surface area (Å²) in [4.78, 5) is 11.7. The van der Waals surface area contributed by atoms with E-state index in [0.29, 0.717) is 13.1 Å². The lowest BCUT2D eigenvalue weighted by Gasteiger charge is -2.08. The number of halogens is 2. The lowest BCUT2D eigenvalue weighted by Crippen LogP contribution is -2.34. The summed E-state index contributed by atoms with van der Waals surface area (Å²) in [5, 5.41) is 5.79. The van der Waals surface area contributed by atoms with Gasteiger partial charge in [0.25, 0.3) is 0 Å². The van der Waals surface area contributed by atoms with E-state index < -0.39 is 10.0 Å². The second-order valence-electron chi connectivity index (χ2n) is 4.31. The number of nitrogens with one attached hydrogen (secondary N) is 3. The predicted octanol–water partition coefficient (Wildman–Crippen LogP) is 1.27. The molecule has 1 rings (SSSR count). The molecule has 0 aromatic heterocycles. The minimum absolute atomic E-state index is 0. The van der Waals surface area contributed by atoms with Crippen LogP contribution in [0.1, 0.15) is 13.3 Å². The number of rotatable bonds is 9. The van der Waals surface area contributed by atoms with Gasteiger partial charge < -0.3 is 10.6 Å². The Bertz CT molecular complexity index is 552. The number of sulfonamides is 1. The van der Waals surface area contributed by atoms with E-state index in [1.54, 1.807) is 12.1 Å². The number of likely N-dealkylation sites (N-methyl/N-ethyl adjacent to an activating group) is 1. The third-order valence-corrected chi connectivity index (χ3v) is 4.65. The van der Waals surface area contributed by atoms with Crippen molar-refractivity contribution in [2.24, 2.45) is 0 Å². The van der Waals surface area contributed by atoms with E-state index in [1.165, 1.54) is 12.1 Å². The van der Waals surface area contributed by atoms with Crippen LogP contribution in [0.2, 0.25) is 0 Å². The van der Waals surface area contributed by atoms with E-state index in [2.05, 4.69) is 31.3 Å². The molecule has 0 bridgehead atoms. The van der Waals surface area contributed by atoms with Gasteiger partial charge in [-0.15, -0.1) is 12.4 Å². The van der Waals surface area contributed by atoms with Crippen LogP contribution in [0.3, 0.4) is 0 Å². The van der Waals surface area contributed by atoms with Gasteiger partial charge in [0.05, 0.1) is 4.90 Å². The molecule has 6 nitrogen and oxygen atoms in total. The average Bonchev–Trinajstić information content (AvgIpc) is 2.44. The molecular weight excluding hydrogens is 394 g/mol. The summed E-state index contributed by atoms with van der Waals surface area (Å²) in [5.41, 5.74) is 0. The number of amides is 1. The normalized spacial score (nSPS) is 10.8. The summed E-state index contributed by atoms with van der Waals surface area (Å²) in [6.07, 6.45) is 0.113. The molecule has 0 radical (unpaired) electrons. The summed E-state index contributed by atoms with van der Waals surface area (Å²) in [7, 11) is -3.57. The fourth-order valence-electron chi connectivity index (χ4n) is 1.55. The molecule has 0 aliphatic heterocycles. The first-order chi connectivity index (χ1) is 9.95. The molecule has 3 N–H and O–H groups in total. The quantitative estimate of drug-likeness (QED) is 0.531. The van der Waals surface area contributed by atoms with Crippen LogP contribution in [0.25, 0.3) is 0 Å². The molecule has 0 unspecified atom stereocenters. The first-order valence-corrected chi connectivity index (χ1v) is 8.96. The molecular formula is C13H21BrClN3O3S. The monoisotopic (exact) mass is 413 g/mol. The smallest absolute Gasteiger partial charge is 0.240 e. The van der Waals surface area contributed by atoms with Gasteiger partial charge in [0.1, 0.15) is 0 Å². The Hall–Kier alpha value is -0.670. The number of benzene rings is 1. The molecule has 0 spiro atoms. The van der Waals surface area contributed by atoms with Crippen molar-refractivity contribution in [2.45, 2.75) is 18.2 Å². The molecule has 0 aliphatic carbocycles. The number of carbonyl (C=O) groups excluding carboxylic acids is 1. The van der Waals surface area contributed by atoms with Crippen LogP contribution in [0.5, 0.6) is 0 Å². The molecule has 9 heteroatoms. The van der Waals surface area contributed by atoms with Crippen LogP contribution >= 0.6 is 28.3 Å². The van der Waals surface area contributed by atoms with Crippen molar-refractivity contribution in [2.75, 3.05) is 26.2 Å². The zero-order valence-corrected chi connectivity index (χ0v) is 15.5. The van der Waals surface area contributed by atoms with Gasteiger partial charge in [-0.05, 0) is 30.8 Å². The van der Waals surface area contributed by atoms with E-state index in [0.717, 1.165) is 11.0 Å². The van der Waals surface area contributed by atoms with Crippen LogP contribution in [-0.2, 0) is 14.8 Å². The van der Waals surface area contributed by atoms with E-state index in [1.807, 2.05) is 6.92 Å². The highest BCUT2D eigenvalue weighted by atomic mass is 79.9. The van der Waals surface area contributed by atoms with Crippen molar-refractivity contribution >= 4 is 44.3 Å². The summed E-state index contributed by atoms with van der Waals surface area (Å²) in [6, 6.07) is 6.32. The van der Waals surface area contributed by atoms with E-state index >= 15 is 0 Å².